The number of nitrogens with two attached hydrogens (primary N) is 1. The van der Waals surface area contributed by atoms with Crippen LogP contribution in [0.4, 0.5) is 5.95 Å². The van der Waals surface area contributed by atoms with E-state index in [0.29, 0.717) is 22.1 Å². The van der Waals surface area contributed by atoms with Crippen LogP contribution in [-0.2, 0) is 0 Å². The maximum Gasteiger partial charge on any atom is 0.282 e. The highest BCUT2D eigenvalue weighted by atomic mass is 79.9. The van der Waals surface area contributed by atoms with E-state index in [1.54, 1.807) is 13.1 Å². The number of hydrogen-bond acceptors (Lipinski definition) is 8. The van der Waals surface area contributed by atoms with Crippen molar-refractivity contribution in [3.63, 3.8) is 0 Å². The van der Waals surface area contributed by atoms with Gasteiger partial charge in [0.2, 0.25) is 11.8 Å². The fourth-order valence-corrected chi connectivity index (χ4v) is 2.02. The summed E-state index contributed by atoms with van der Waals surface area (Å²) >= 11 is 4.55. The van der Waals surface area contributed by atoms with E-state index in [0.717, 1.165) is 4.47 Å². The Hall–Kier alpha value is -1.19. The van der Waals surface area contributed by atoms with Crippen molar-refractivity contribution < 1.29 is 4.42 Å². The largest absolute Gasteiger partial charge is 0.416 e. The van der Waals surface area contributed by atoms with Crippen molar-refractivity contribution >= 4 is 33.6 Å². The molecule has 0 atom stereocenters. The molecule has 0 fully saturated rings. The molecule has 0 aliphatic heterocycles. The lowest BCUT2D eigenvalue weighted by atomic mass is 10.7. The SMILES string of the molecule is Cc1nnc(Sc2nc(NN)ncc2Br)o1. The van der Waals surface area contributed by atoms with Crippen molar-refractivity contribution in [3.8, 4) is 0 Å². The zero-order valence-electron chi connectivity index (χ0n) is 8.14. The Labute approximate surface area is 103 Å². The average Bonchev–Trinajstić information content (AvgIpc) is 2.67. The number of nitrogens with zero attached hydrogens (tertiary/aromatic N) is 4. The maximum atomic E-state index is 5.22. The Bertz CT molecular complexity index is 503. The van der Waals surface area contributed by atoms with Crippen LogP contribution in [0.3, 0.4) is 0 Å². The monoisotopic (exact) mass is 302 g/mol. The number of hydrogen-bond donors (Lipinski definition) is 2. The molecule has 0 bridgehead atoms. The summed E-state index contributed by atoms with van der Waals surface area (Å²) in [4.78, 5) is 8.07. The fraction of sp³-hybridized carbons (Fsp3) is 0.143. The highest BCUT2D eigenvalue weighted by Gasteiger charge is 2.11. The number of aromatic nitrogens is 4. The number of nitrogens with one attached hydrogen (secondary N) is 1. The molecule has 9 heteroatoms. The van der Waals surface area contributed by atoms with E-state index in [1.807, 2.05) is 0 Å². The number of nitrogen functional groups attached to an aromatic ring is 1. The summed E-state index contributed by atoms with van der Waals surface area (Å²) in [5.41, 5.74) is 2.36. The summed E-state index contributed by atoms with van der Waals surface area (Å²) in [6.45, 7) is 1.72. The standard InChI is InChI=1S/C7H7BrN6OS/c1-3-13-14-7(15-3)16-5-4(8)2-10-6(11-5)12-9/h2H,9H2,1H3,(H,10,11,12). The minimum absolute atomic E-state index is 0.321. The molecule has 2 aromatic rings. The summed E-state index contributed by atoms with van der Waals surface area (Å²) in [6.07, 6.45) is 1.59. The van der Waals surface area contributed by atoms with Gasteiger partial charge in [0.05, 0.1) is 4.47 Å². The van der Waals surface area contributed by atoms with Gasteiger partial charge in [-0.25, -0.2) is 15.8 Å². The zero-order valence-corrected chi connectivity index (χ0v) is 10.5. The molecule has 0 amide bonds. The molecule has 0 aliphatic carbocycles. The maximum absolute atomic E-state index is 5.22. The van der Waals surface area contributed by atoms with Gasteiger partial charge < -0.3 is 4.42 Å². The molecule has 0 saturated heterocycles. The normalized spacial score (nSPS) is 10.4. The van der Waals surface area contributed by atoms with E-state index in [9.17, 15) is 0 Å². The van der Waals surface area contributed by atoms with E-state index in [-0.39, 0.29) is 0 Å². The van der Waals surface area contributed by atoms with E-state index in [1.165, 1.54) is 11.8 Å². The van der Waals surface area contributed by atoms with Crippen molar-refractivity contribution in [2.24, 2.45) is 5.84 Å². The number of hydrazine groups is 1. The molecule has 0 aromatic carbocycles. The zero-order chi connectivity index (χ0) is 11.5. The Morgan fingerprint density at radius 1 is 1.50 bits per heavy atom. The second-order valence-electron chi connectivity index (χ2n) is 2.68. The van der Waals surface area contributed by atoms with Gasteiger partial charge in [-0.3, -0.25) is 5.43 Å². The molecule has 3 N–H and O–H groups in total. The van der Waals surface area contributed by atoms with Gasteiger partial charge in [0.15, 0.2) is 0 Å². The summed E-state index contributed by atoms with van der Waals surface area (Å²) in [7, 11) is 0. The summed E-state index contributed by atoms with van der Waals surface area (Å²) < 4.78 is 5.95. The van der Waals surface area contributed by atoms with Crippen molar-refractivity contribution in [1.82, 2.24) is 20.2 Å². The van der Waals surface area contributed by atoms with Crippen molar-refractivity contribution in [1.29, 1.82) is 0 Å². The van der Waals surface area contributed by atoms with E-state index in [2.05, 4.69) is 41.5 Å². The topological polar surface area (TPSA) is 103 Å². The molecular formula is C7H7BrN6OS. The number of halogens is 1. The van der Waals surface area contributed by atoms with E-state index in [4.69, 9.17) is 10.3 Å². The molecule has 2 aromatic heterocycles. The van der Waals surface area contributed by atoms with Crippen LogP contribution in [0.5, 0.6) is 0 Å². The molecule has 0 spiro atoms. The molecule has 16 heavy (non-hydrogen) atoms. The van der Waals surface area contributed by atoms with Crippen molar-refractivity contribution in [2.45, 2.75) is 17.2 Å². The Morgan fingerprint density at radius 2 is 2.31 bits per heavy atom. The first-order valence-corrected chi connectivity index (χ1v) is 5.77. The van der Waals surface area contributed by atoms with E-state index >= 15 is 0 Å². The quantitative estimate of drug-likeness (QED) is 0.498. The molecule has 0 saturated carbocycles. The summed E-state index contributed by atoms with van der Waals surface area (Å²) in [6, 6.07) is 0. The molecule has 0 radical (unpaired) electrons. The minimum atomic E-state index is 0.321. The first kappa shape index (κ1) is 11.3. The Balaban J connectivity index is 2.26. The first-order valence-electron chi connectivity index (χ1n) is 4.16. The molecule has 7 nitrogen and oxygen atoms in total. The van der Waals surface area contributed by atoms with Gasteiger partial charge in [-0.15, -0.1) is 10.2 Å². The van der Waals surface area contributed by atoms with Crippen LogP contribution in [-0.4, -0.2) is 20.2 Å². The van der Waals surface area contributed by atoms with Crippen LogP contribution < -0.4 is 11.3 Å². The third kappa shape index (κ3) is 2.49. The van der Waals surface area contributed by atoms with Crippen LogP contribution in [0.25, 0.3) is 0 Å². The summed E-state index contributed by atoms with van der Waals surface area (Å²) in [5, 5.41) is 8.63. The lowest BCUT2D eigenvalue weighted by Crippen LogP contribution is -2.10. The minimum Gasteiger partial charge on any atom is -0.416 e. The van der Waals surface area contributed by atoms with Gasteiger partial charge in [0.25, 0.3) is 5.22 Å². The van der Waals surface area contributed by atoms with Crippen molar-refractivity contribution in [3.05, 3.63) is 16.6 Å². The predicted octanol–water partition coefficient (Wildman–Crippen LogP) is 1.37. The molecule has 84 valence electrons. The number of rotatable bonds is 3. The van der Waals surface area contributed by atoms with Gasteiger partial charge in [-0.1, -0.05) is 0 Å². The molecule has 0 aliphatic rings. The van der Waals surface area contributed by atoms with Gasteiger partial charge in [-0.2, -0.15) is 0 Å². The van der Waals surface area contributed by atoms with Crippen LogP contribution >= 0.6 is 27.7 Å². The predicted molar refractivity (Wildman–Crippen MR) is 60.7 cm³/mol. The van der Waals surface area contributed by atoms with Crippen LogP contribution in [0.15, 0.2) is 25.3 Å². The number of aryl methyl sites for hydroxylation is 1. The van der Waals surface area contributed by atoms with Crippen molar-refractivity contribution in [2.75, 3.05) is 5.43 Å². The lowest BCUT2D eigenvalue weighted by molar-refractivity contribution is 0.429. The van der Waals surface area contributed by atoms with Gasteiger partial charge in [0.1, 0.15) is 5.03 Å². The van der Waals surface area contributed by atoms with E-state index < -0.39 is 0 Å². The molecular weight excluding hydrogens is 296 g/mol. The third-order valence-corrected chi connectivity index (χ3v) is 3.22. The molecule has 0 unspecified atom stereocenters. The second kappa shape index (κ2) is 4.76. The van der Waals surface area contributed by atoms with Gasteiger partial charge in [-0.05, 0) is 27.7 Å². The Morgan fingerprint density at radius 3 is 2.94 bits per heavy atom. The highest BCUT2D eigenvalue weighted by Crippen LogP contribution is 2.30. The van der Waals surface area contributed by atoms with Gasteiger partial charge in [0, 0.05) is 13.1 Å². The first-order chi connectivity index (χ1) is 7.69. The molecule has 2 rings (SSSR count). The summed E-state index contributed by atoms with van der Waals surface area (Å²) in [5.74, 6) is 6.04. The Kier molecular flexibility index (Phi) is 3.36. The van der Waals surface area contributed by atoms with Crippen LogP contribution in [0, 0.1) is 6.92 Å². The second-order valence-corrected chi connectivity index (χ2v) is 4.47. The van der Waals surface area contributed by atoms with Crippen LogP contribution in [0.2, 0.25) is 0 Å². The third-order valence-electron chi connectivity index (χ3n) is 1.53. The average molecular weight is 303 g/mol. The smallest absolute Gasteiger partial charge is 0.282 e. The van der Waals surface area contributed by atoms with Gasteiger partial charge >= 0.3 is 0 Å². The molecule has 2 heterocycles. The fourth-order valence-electron chi connectivity index (χ4n) is 0.895. The van der Waals surface area contributed by atoms with Crippen LogP contribution in [0.1, 0.15) is 5.89 Å². The highest BCUT2D eigenvalue weighted by molar-refractivity contribution is 9.10. The number of anilines is 1. The lowest BCUT2D eigenvalue weighted by Gasteiger charge is -2.02.